The van der Waals surface area contributed by atoms with Crippen LogP contribution < -0.4 is 0 Å². The first-order chi connectivity index (χ1) is 4.23. The van der Waals surface area contributed by atoms with Gasteiger partial charge < -0.3 is 52.9 Å². The molecule has 0 atom stereocenters. The second-order valence-electron chi connectivity index (χ2n) is 1.45. The SMILES string of the molecule is C[C-](Cl)Cl.[C-]1=CC=CC1.[CH3-].[CH3-].[CH3-].[CH3-].[Zr]. The zero-order chi connectivity index (χ0) is 7.11. The number of hydrogen-bond donors (Lipinski definition) is 0. The van der Waals surface area contributed by atoms with Gasteiger partial charge in [-0.15, -0.1) is 11.3 Å². The molecule has 1 rings (SSSR count). The van der Waals surface area contributed by atoms with Crippen LogP contribution in [0, 0.1) is 40.6 Å². The Kier molecular flexibility index (Phi) is 75.8. The van der Waals surface area contributed by atoms with E-state index in [2.05, 4.69) is 12.2 Å². The van der Waals surface area contributed by atoms with Gasteiger partial charge >= 0.3 is 0 Å². The Morgan fingerprint density at radius 2 is 1.50 bits per heavy atom. The third-order valence-electron chi connectivity index (χ3n) is 0.586. The summed E-state index contributed by atoms with van der Waals surface area (Å²) in [6.07, 6.45) is 10.0. The Hall–Kier alpha value is 0.943. The van der Waals surface area contributed by atoms with E-state index in [1.807, 2.05) is 12.2 Å². The molecule has 1 aliphatic carbocycles. The molecule has 1 aliphatic rings. The van der Waals surface area contributed by atoms with Crippen LogP contribution in [-0.4, -0.2) is 0 Å². The number of halogens is 2. The molecule has 14 heavy (non-hydrogen) atoms. The molecule has 0 radical (unpaired) electrons. The largest absolute Gasteiger partial charge is 0.358 e. The summed E-state index contributed by atoms with van der Waals surface area (Å²) in [5.74, 6) is 0. The van der Waals surface area contributed by atoms with Gasteiger partial charge in [0.25, 0.3) is 0 Å². The van der Waals surface area contributed by atoms with Gasteiger partial charge in [0.2, 0.25) is 0 Å². The predicted octanol–water partition coefficient (Wildman–Crippen LogP) is 5.08. The number of hydrogen-bond acceptors (Lipinski definition) is 0. The Morgan fingerprint density at radius 3 is 1.57 bits per heavy atom. The molecule has 0 heterocycles. The Labute approximate surface area is 121 Å². The molecule has 0 aromatic carbocycles. The van der Waals surface area contributed by atoms with Gasteiger partial charge in [-0.05, 0) is 0 Å². The van der Waals surface area contributed by atoms with Crippen LogP contribution in [0.5, 0.6) is 0 Å². The molecule has 0 fully saturated rings. The van der Waals surface area contributed by atoms with Crippen LogP contribution in [0.15, 0.2) is 18.2 Å². The van der Waals surface area contributed by atoms with Crippen molar-refractivity contribution in [2.75, 3.05) is 0 Å². The maximum Gasteiger partial charge on any atom is 0 e. The molecule has 0 aromatic heterocycles. The first-order valence-electron chi connectivity index (χ1n) is 2.60. The minimum atomic E-state index is 0. The standard InChI is InChI=1S/C5H5.C2H3Cl2.4CH3.Zr/c1-2-4-5-3-1;1-2(3)4;;;;;/h1-3H,4H2;1H3;4*1H3;/q6*-1;. The third kappa shape index (κ3) is 52.3. The van der Waals surface area contributed by atoms with Gasteiger partial charge in [0, 0.05) is 26.2 Å². The van der Waals surface area contributed by atoms with E-state index in [0.717, 1.165) is 6.42 Å². The van der Waals surface area contributed by atoms with E-state index in [-0.39, 0.29) is 55.9 Å². The number of rotatable bonds is 0. The van der Waals surface area contributed by atoms with Crippen LogP contribution in [0.1, 0.15) is 13.3 Å². The molecule has 0 amide bonds. The van der Waals surface area contributed by atoms with Crippen molar-refractivity contribution in [1.82, 2.24) is 0 Å². The summed E-state index contributed by atoms with van der Waals surface area (Å²) in [5, 5.41) is 0. The quantitative estimate of drug-likeness (QED) is 0.547. The summed E-state index contributed by atoms with van der Waals surface area (Å²) in [6.45, 7) is 1.61. The van der Waals surface area contributed by atoms with Gasteiger partial charge in [-0.3, -0.25) is 6.08 Å². The summed E-state index contributed by atoms with van der Waals surface area (Å²) in [5.41, 5.74) is 0. The van der Waals surface area contributed by atoms with Crippen molar-refractivity contribution in [3.05, 3.63) is 58.8 Å². The summed E-state index contributed by atoms with van der Waals surface area (Å²) in [6, 6.07) is 0. The summed E-state index contributed by atoms with van der Waals surface area (Å²) < 4.78 is 0. The maximum absolute atomic E-state index is 4.96. The molecule has 0 unspecified atom stereocenters. The van der Waals surface area contributed by atoms with E-state index in [0.29, 0.717) is 4.84 Å². The van der Waals surface area contributed by atoms with Crippen molar-refractivity contribution in [1.29, 1.82) is 0 Å². The molecule has 0 aliphatic heterocycles. The second kappa shape index (κ2) is 29.2. The predicted molar refractivity (Wildman–Crippen MR) is 67.8 cm³/mol. The van der Waals surface area contributed by atoms with Crippen molar-refractivity contribution in [3.8, 4) is 0 Å². The molecule has 0 aromatic rings. The summed E-state index contributed by atoms with van der Waals surface area (Å²) >= 11 is 9.91. The van der Waals surface area contributed by atoms with E-state index in [9.17, 15) is 0 Å². The van der Waals surface area contributed by atoms with E-state index in [1.54, 1.807) is 6.92 Å². The average molecular weight is 314 g/mol. The van der Waals surface area contributed by atoms with Crippen LogP contribution in [0.2, 0.25) is 0 Å². The third-order valence-corrected chi connectivity index (χ3v) is 0.586. The molecule has 0 N–H and O–H groups in total. The molecule has 0 bridgehead atoms. The van der Waals surface area contributed by atoms with Crippen LogP contribution >= 0.6 is 23.2 Å². The second-order valence-corrected chi connectivity index (χ2v) is 2.78. The minimum absolute atomic E-state index is 0. The molecule has 0 saturated carbocycles. The molecule has 0 spiro atoms. The fourth-order valence-electron chi connectivity index (χ4n) is 0.340. The zero-order valence-corrected chi connectivity index (χ0v) is 13.7. The van der Waals surface area contributed by atoms with Crippen LogP contribution in [0.3, 0.4) is 0 Å². The van der Waals surface area contributed by atoms with Crippen molar-refractivity contribution in [3.63, 3.8) is 0 Å². The van der Waals surface area contributed by atoms with Gasteiger partial charge in [-0.2, -0.15) is 13.0 Å². The van der Waals surface area contributed by atoms with Gasteiger partial charge in [-0.25, -0.2) is 12.2 Å². The normalized spacial score (nSPS) is 8.86. The van der Waals surface area contributed by atoms with Gasteiger partial charge in [-0.1, -0.05) is 0 Å². The van der Waals surface area contributed by atoms with Crippen molar-refractivity contribution < 1.29 is 26.2 Å². The fourth-order valence-corrected chi connectivity index (χ4v) is 0.340. The Balaban J connectivity index is -0.0000000171. The first-order valence-corrected chi connectivity index (χ1v) is 3.35. The zero-order valence-electron chi connectivity index (χ0n) is 9.70. The Bertz CT molecular complexity index is 97.1. The summed E-state index contributed by atoms with van der Waals surface area (Å²) in [7, 11) is 0. The van der Waals surface area contributed by atoms with Crippen molar-refractivity contribution in [2.45, 2.75) is 13.3 Å². The van der Waals surface area contributed by atoms with Crippen LogP contribution in [0.25, 0.3) is 0 Å². The average Bonchev–Trinajstić information content (AvgIpc) is 2.11. The van der Waals surface area contributed by atoms with E-state index in [4.69, 9.17) is 23.2 Å². The minimum Gasteiger partial charge on any atom is -0.358 e. The molecular formula is C11H20Cl2Zr-6. The maximum atomic E-state index is 4.96. The molecule has 3 heteroatoms. The van der Waals surface area contributed by atoms with Gasteiger partial charge in [0.15, 0.2) is 0 Å². The molecule has 88 valence electrons. The monoisotopic (exact) mass is 312 g/mol. The van der Waals surface area contributed by atoms with E-state index in [1.165, 1.54) is 0 Å². The number of allylic oxidation sites excluding steroid dienone is 4. The van der Waals surface area contributed by atoms with Gasteiger partial charge in [0.1, 0.15) is 0 Å². The summed E-state index contributed by atoms with van der Waals surface area (Å²) in [4.78, 5) is 0.361. The van der Waals surface area contributed by atoms with Crippen molar-refractivity contribution in [2.24, 2.45) is 0 Å². The van der Waals surface area contributed by atoms with E-state index < -0.39 is 0 Å². The van der Waals surface area contributed by atoms with Crippen LogP contribution in [0.4, 0.5) is 0 Å². The molecule has 0 saturated heterocycles. The fraction of sp³-hybridized carbons (Fsp3) is 0.182. The topological polar surface area (TPSA) is 0 Å². The first kappa shape index (κ1) is 36.3. The molecular weight excluding hydrogens is 294 g/mol. The smallest absolute Gasteiger partial charge is 0 e. The van der Waals surface area contributed by atoms with Crippen LogP contribution in [-0.2, 0) is 26.2 Å². The van der Waals surface area contributed by atoms with Crippen molar-refractivity contribution >= 4 is 23.2 Å². The molecule has 0 nitrogen and oxygen atoms in total. The van der Waals surface area contributed by atoms with E-state index >= 15 is 0 Å². The Morgan fingerprint density at radius 1 is 1.14 bits per heavy atom. The van der Waals surface area contributed by atoms with Gasteiger partial charge in [0.05, 0.1) is 0 Å².